The SMILES string of the molecule is Cc1sc2nc1C(=O)C[C@@H]([C@H](O)c1ccccc1)c1nc(cs1)C(=O)N[C@@H](Cc1ccc(O)cc1)C(=O)N1C[C@H](O)[C@H](C)[C@H]1c1nc(cs1)-c1nc(cs1)-c1nc(-c3nc(C(=O)N(CC(=O)O)C4CCC(C(=O)O)CC4)cs3)ccc1-c1nc(cs1)C(=O)N[C@H]2CC(N)=O. The van der Waals surface area contributed by atoms with Crippen molar-refractivity contribution < 1.29 is 63.9 Å². The lowest BCUT2D eigenvalue weighted by molar-refractivity contribution is -0.144. The largest absolute Gasteiger partial charge is 0.508 e. The molecule has 9 aromatic rings. The lowest BCUT2D eigenvalue weighted by atomic mass is 9.85. The third-order valence-corrected chi connectivity index (χ3v) is 22.4. The number of Topliss-reactive ketones (excluding diaryl/α,β-unsaturated/α-hetero) is 1. The van der Waals surface area contributed by atoms with Gasteiger partial charge in [-0.15, -0.1) is 68.0 Å². The number of benzene rings is 2. The molecule has 0 spiro atoms. The first-order chi connectivity index (χ1) is 45.1. The maximum absolute atomic E-state index is 15.2. The number of aromatic hydroxyl groups is 1. The van der Waals surface area contributed by atoms with Crippen LogP contribution in [0.2, 0.25) is 0 Å². The predicted molar refractivity (Wildman–Crippen MR) is 349 cm³/mol. The third kappa shape index (κ3) is 13.8. The highest BCUT2D eigenvalue weighted by Gasteiger charge is 2.46. The Bertz CT molecular complexity index is 4380. The number of nitrogens with two attached hydrogens (primary N) is 1. The molecule has 1 saturated carbocycles. The molecular weight excluding hydrogens is 1330 g/mol. The van der Waals surface area contributed by atoms with Gasteiger partial charge in [0.2, 0.25) is 11.8 Å². The van der Waals surface area contributed by atoms with Crippen LogP contribution in [0.3, 0.4) is 0 Å². The van der Waals surface area contributed by atoms with Crippen LogP contribution < -0.4 is 16.4 Å². The molecule has 2 fully saturated rings. The van der Waals surface area contributed by atoms with Crippen molar-refractivity contribution in [2.75, 3.05) is 13.1 Å². The Hall–Kier alpha value is -8.95. The van der Waals surface area contributed by atoms with Crippen molar-refractivity contribution in [3.8, 4) is 49.1 Å². The van der Waals surface area contributed by atoms with E-state index in [0.29, 0.717) is 66.5 Å². The van der Waals surface area contributed by atoms with Crippen LogP contribution >= 0.6 is 68.0 Å². The van der Waals surface area contributed by atoms with Crippen LogP contribution in [-0.2, 0) is 25.6 Å². The van der Waals surface area contributed by atoms with Gasteiger partial charge in [-0.05, 0) is 68.0 Å². The van der Waals surface area contributed by atoms with Gasteiger partial charge in [0.1, 0.15) is 83.2 Å². The highest BCUT2D eigenvalue weighted by molar-refractivity contribution is 7.15. The number of aliphatic hydroxyl groups excluding tert-OH is 2. The molecule has 31 heteroatoms. The van der Waals surface area contributed by atoms with Gasteiger partial charge in [0.25, 0.3) is 17.7 Å². The molecule has 25 nitrogen and oxygen atoms in total. The predicted octanol–water partition coefficient (Wildman–Crippen LogP) is 8.34. The van der Waals surface area contributed by atoms with Crippen molar-refractivity contribution in [2.45, 2.75) is 101 Å². The number of fused-ring (bicyclic) bond motifs is 16. The van der Waals surface area contributed by atoms with Gasteiger partial charge in [-0.1, -0.05) is 49.4 Å². The number of carboxylic acids is 2. The number of phenolic OH excluding ortho intramolecular Hbond substituents is 1. The number of ketones is 1. The van der Waals surface area contributed by atoms with Gasteiger partial charge in [0.05, 0.1) is 47.3 Å². The van der Waals surface area contributed by atoms with Gasteiger partial charge in [-0.25, -0.2) is 34.9 Å². The monoisotopic (exact) mass is 1380 g/mol. The topological polar surface area (TPSA) is 384 Å². The molecule has 2 aromatic carbocycles. The zero-order valence-electron chi connectivity index (χ0n) is 49.9. The van der Waals surface area contributed by atoms with Crippen LogP contribution in [0.25, 0.3) is 43.4 Å². The quantitative estimate of drug-likeness (QED) is 0.0569. The maximum Gasteiger partial charge on any atom is 0.323 e. The smallest absolute Gasteiger partial charge is 0.323 e. The summed E-state index contributed by atoms with van der Waals surface area (Å²) in [6.07, 6.45) is -2.01. The standard InChI is InChI=1S/C63H58N12O13S6/c1-28-46(78)21-75-51(28)60-71-43(26-93-60)58-68-40(23-91-58)50-35(16-17-37(65-50)57-72-44(27-92-57)62(86)74(22-48(80)81)33-12-10-32(11-13-33)63(87)88)55-69-41(24-89-55)53(83)66-38(20-47(64)79)59-73-49(29(2)94-59)45(77)19-36(52(82)31-6-4-3-5-7-31)56-70-42(25-90-56)54(84)67-39(61(75)85)18-30-8-14-34(76)15-9-30/h3-9,14-17,23-28,32-33,36,38-39,46,51-52,76,78,82H,10-13,18-22H2,1-2H3,(H2,64,79)(H,66,83)(H,67,84)(H,80,81)(H,87,88)/t28-,32?,33?,36-,38-,39-,46-,51-,52+/m0/s1. The number of aryl methyl sites for hydroxylation is 1. The van der Waals surface area contributed by atoms with Crippen molar-refractivity contribution >= 4 is 115 Å². The van der Waals surface area contributed by atoms with Crippen LogP contribution in [0.15, 0.2) is 93.6 Å². The molecule has 3 aliphatic rings. The van der Waals surface area contributed by atoms with Gasteiger partial charge < -0.3 is 51.7 Å². The number of carbonyl (C=O) groups excluding carboxylic acids is 6. The number of pyridine rings is 1. The minimum absolute atomic E-state index is 0.00128. The number of rotatable bonds is 12. The van der Waals surface area contributed by atoms with E-state index in [2.05, 4.69) is 20.6 Å². The number of phenols is 1. The summed E-state index contributed by atoms with van der Waals surface area (Å²) in [6, 6.07) is 14.4. The van der Waals surface area contributed by atoms with Crippen molar-refractivity contribution in [2.24, 2.45) is 17.6 Å². The molecule has 9 N–H and O–H groups in total. The lowest BCUT2D eigenvalue weighted by Crippen LogP contribution is -2.50. The fraction of sp³-hybridized carbons (Fsp3) is 0.317. The lowest BCUT2D eigenvalue weighted by Gasteiger charge is -2.34. The van der Waals surface area contributed by atoms with E-state index in [9.17, 15) is 59.1 Å². The van der Waals surface area contributed by atoms with Crippen molar-refractivity contribution in [3.63, 3.8) is 0 Å². The van der Waals surface area contributed by atoms with E-state index in [0.717, 1.165) is 45.3 Å². The second-order valence-corrected chi connectivity index (χ2v) is 28.6. The summed E-state index contributed by atoms with van der Waals surface area (Å²) in [5.74, 6) is -8.34. The number of hydrogen-bond donors (Lipinski definition) is 8. The second kappa shape index (κ2) is 27.6. The molecule has 0 unspecified atom stereocenters. The van der Waals surface area contributed by atoms with Gasteiger partial charge in [0.15, 0.2) is 5.78 Å². The Kier molecular flexibility index (Phi) is 19.1. The molecule has 10 bridgehead atoms. The number of nitrogens with one attached hydrogen (secondary N) is 2. The first-order valence-electron chi connectivity index (χ1n) is 29.6. The molecular formula is C63H58N12O13S6. The highest BCUT2D eigenvalue weighted by atomic mass is 32.1. The number of carbonyl (C=O) groups is 8. The number of nitrogens with zero attached hydrogens (tertiary/aromatic N) is 9. The van der Waals surface area contributed by atoms with E-state index >= 15 is 4.79 Å². The zero-order valence-corrected chi connectivity index (χ0v) is 54.8. The number of carboxylic acid groups (broad SMARTS) is 2. The molecule has 2 aliphatic heterocycles. The van der Waals surface area contributed by atoms with E-state index < -0.39 is 114 Å². The number of hydrogen-bond acceptors (Lipinski definition) is 24. The fourth-order valence-corrected chi connectivity index (χ4v) is 17.2. The Labute approximate surface area is 559 Å². The zero-order chi connectivity index (χ0) is 66.2. The average Bonchev–Trinajstić information content (AvgIpc) is 1.64. The summed E-state index contributed by atoms with van der Waals surface area (Å²) in [4.78, 5) is 147. The first-order valence-corrected chi connectivity index (χ1v) is 34.8. The van der Waals surface area contributed by atoms with Crippen LogP contribution in [0, 0.1) is 18.8 Å². The molecule has 94 heavy (non-hydrogen) atoms. The van der Waals surface area contributed by atoms with Gasteiger partial charge in [0, 0.05) is 74.6 Å². The Morgan fingerprint density at radius 3 is 2.05 bits per heavy atom. The van der Waals surface area contributed by atoms with Crippen molar-refractivity contribution in [1.82, 2.24) is 55.3 Å². The number of thiazole rings is 6. The van der Waals surface area contributed by atoms with Crippen LogP contribution in [0.4, 0.5) is 0 Å². The summed E-state index contributed by atoms with van der Waals surface area (Å²) in [5.41, 5.74) is 8.35. The van der Waals surface area contributed by atoms with E-state index in [1.165, 1.54) is 60.7 Å². The minimum atomic E-state index is -1.32. The first kappa shape index (κ1) is 65.1. The summed E-state index contributed by atoms with van der Waals surface area (Å²) in [7, 11) is 0. The summed E-state index contributed by atoms with van der Waals surface area (Å²) in [6.45, 7) is 2.72. The molecule has 5 amide bonds. The average molecular weight is 1380 g/mol. The van der Waals surface area contributed by atoms with E-state index in [1.54, 1.807) is 79.2 Å². The van der Waals surface area contributed by atoms with E-state index in [-0.39, 0.29) is 81.5 Å². The van der Waals surface area contributed by atoms with Crippen LogP contribution in [-0.4, -0.2) is 149 Å². The normalized spacial score (nSPS) is 21.4. The van der Waals surface area contributed by atoms with Gasteiger partial charge >= 0.3 is 11.9 Å². The molecule has 7 aromatic heterocycles. The Morgan fingerprint density at radius 1 is 0.691 bits per heavy atom. The summed E-state index contributed by atoms with van der Waals surface area (Å²) >= 11 is 6.76. The molecule has 1 aliphatic carbocycles. The van der Waals surface area contributed by atoms with E-state index in [4.69, 9.17) is 30.7 Å². The molecule has 1 saturated heterocycles. The van der Waals surface area contributed by atoms with Gasteiger partial charge in [-0.2, -0.15) is 0 Å². The summed E-state index contributed by atoms with van der Waals surface area (Å²) in [5, 5.41) is 69.0. The highest BCUT2D eigenvalue weighted by Crippen LogP contribution is 2.44. The van der Waals surface area contributed by atoms with Crippen molar-refractivity contribution in [3.05, 3.63) is 147 Å². The number of primary amides is 1. The molecule has 12 rings (SSSR count). The minimum Gasteiger partial charge on any atom is -0.508 e. The fourth-order valence-electron chi connectivity index (χ4n) is 11.8. The number of aliphatic hydroxyl groups is 2. The van der Waals surface area contributed by atoms with Gasteiger partial charge in [-0.3, -0.25) is 38.4 Å². The second-order valence-electron chi connectivity index (χ2n) is 23.0. The number of aromatic nitrogens is 7. The Morgan fingerprint density at radius 2 is 1.33 bits per heavy atom. The molecule has 0 radical (unpaired) electrons. The molecule has 484 valence electrons. The Balaban J connectivity index is 0.938. The van der Waals surface area contributed by atoms with Crippen LogP contribution in [0.5, 0.6) is 5.75 Å². The number of amides is 5. The summed E-state index contributed by atoms with van der Waals surface area (Å²) < 4.78 is 0. The number of aliphatic carboxylic acids is 2. The maximum atomic E-state index is 15.2. The van der Waals surface area contributed by atoms with Crippen LogP contribution in [0.1, 0.15) is 143 Å². The van der Waals surface area contributed by atoms with Crippen molar-refractivity contribution in [1.29, 1.82) is 0 Å². The third-order valence-electron chi connectivity index (χ3n) is 16.8. The molecule has 9 heterocycles. The van der Waals surface area contributed by atoms with E-state index in [1.807, 2.05) is 0 Å². The molecule has 7 atom stereocenters.